The molecule has 130 valence electrons. The van der Waals surface area contributed by atoms with Gasteiger partial charge in [0.25, 0.3) is 0 Å². The van der Waals surface area contributed by atoms with Gasteiger partial charge in [-0.05, 0) is 50.5 Å². The molecule has 0 aliphatic heterocycles. The van der Waals surface area contributed by atoms with Crippen molar-refractivity contribution in [1.29, 1.82) is 0 Å². The standard InChI is InChI=1S/C18H28N6/c1-6-24(7-2)15-8-9-16(14(5)10-15)21-18-22-17(12-20-23-18)19-11-13(3)4/h8-10,12-13H,6-7,11H2,1-5H3,(H2,19,21,22,23). The largest absolute Gasteiger partial charge is 0.372 e. The molecule has 0 amide bonds. The Labute approximate surface area is 144 Å². The summed E-state index contributed by atoms with van der Waals surface area (Å²) in [7, 11) is 0. The number of aryl methyl sites for hydroxylation is 1. The van der Waals surface area contributed by atoms with Gasteiger partial charge >= 0.3 is 0 Å². The summed E-state index contributed by atoms with van der Waals surface area (Å²) in [5.74, 6) is 1.78. The summed E-state index contributed by atoms with van der Waals surface area (Å²) in [6.07, 6.45) is 1.64. The maximum absolute atomic E-state index is 4.46. The van der Waals surface area contributed by atoms with Crippen LogP contribution in [0.2, 0.25) is 0 Å². The first kappa shape index (κ1) is 18.0. The average molecular weight is 328 g/mol. The number of hydrogen-bond acceptors (Lipinski definition) is 6. The molecule has 0 unspecified atom stereocenters. The van der Waals surface area contributed by atoms with Crippen LogP contribution in [0, 0.1) is 12.8 Å². The van der Waals surface area contributed by atoms with E-state index in [4.69, 9.17) is 0 Å². The van der Waals surface area contributed by atoms with E-state index in [1.807, 2.05) is 0 Å². The molecule has 6 heteroatoms. The van der Waals surface area contributed by atoms with E-state index in [0.29, 0.717) is 11.9 Å². The van der Waals surface area contributed by atoms with Gasteiger partial charge < -0.3 is 15.5 Å². The molecule has 0 bridgehead atoms. The van der Waals surface area contributed by atoms with E-state index in [1.54, 1.807) is 6.20 Å². The van der Waals surface area contributed by atoms with E-state index in [2.05, 4.69) is 83.5 Å². The van der Waals surface area contributed by atoms with Crippen molar-refractivity contribution >= 4 is 23.1 Å². The molecule has 24 heavy (non-hydrogen) atoms. The smallest absolute Gasteiger partial charge is 0.249 e. The van der Waals surface area contributed by atoms with Gasteiger partial charge in [-0.15, -0.1) is 5.10 Å². The van der Waals surface area contributed by atoms with Crippen LogP contribution in [0.4, 0.5) is 23.1 Å². The number of hydrogen-bond donors (Lipinski definition) is 2. The molecule has 2 aromatic rings. The highest BCUT2D eigenvalue weighted by Gasteiger charge is 2.07. The predicted octanol–water partition coefficient (Wildman–Crippen LogP) is 3.84. The molecule has 0 aliphatic rings. The van der Waals surface area contributed by atoms with Gasteiger partial charge in [-0.3, -0.25) is 0 Å². The molecule has 0 aliphatic carbocycles. The Hall–Kier alpha value is -2.37. The fourth-order valence-corrected chi connectivity index (χ4v) is 2.44. The van der Waals surface area contributed by atoms with Crippen LogP contribution in [0.15, 0.2) is 24.4 Å². The molecule has 1 aromatic carbocycles. The molecule has 6 nitrogen and oxygen atoms in total. The molecular weight excluding hydrogens is 300 g/mol. The number of nitrogens with one attached hydrogen (secondary N) is 2. The summed E-state index contributed by atoms with van der Waals surface area (Å²) in [6, 6.07) is 6.38. The lowest BCUT2D eigenvalue weighted by Gasteiger charge is -2.22. The van der Waals surface area contributed by atoms with Crippen molar-refractivity contribution in [2.75, 3.05) is 35.2 Å². The molecule has 0 atom stereocenters. The quantitative estimate of drug-likeness (QED) is 0.767. The van der Waals surface area contributed by atoms with Crippen LogP contribution in [-0.4, -0.2) is 34.8 Å². The first-order chi connectivity index (χ1) is 11.5. The van der Waals surface area contributed by atoms with Crippen LogP contribution in [0.3, 0.4) is 0 Å². The number of aromatic nitrogens is 3. The lowest BCUT2D eigenvalue weighted by molar-refractivity contribution is 0.686. The molecule has 2 rings (SSSR count). The first-order valence-corrected chi connectivity index (χ1v) is 8.59. The third-order valence-corrected chi connectivity index (χ3v) is 3.84. The Balaban J connectivity index is 2.12. The minimum Gasteiger partial charge on any atom is -0.372 e. The van der Waals surface area contributed by atoms with E-state index in [-0.39, 0.29) is 0 Å². The van der Waals surface area contributed by atoms with E-state index in [1.165, 1.54) is 5.69 Å². The summed E-state index contributed by atoms with van der Waals surface area (Å²) in [6.45, 7) is 13.6. The van der Waals surface area contributed by atoms with Crippen molar-refractivity contribution in [3.05, 3.63) is 30.0 Å². The minimum absolute atomic E-state index is 0.502. The molecule has 0 fully saturated rings. The summed E-state index contributed by atoms with van der Waals surface area (Å²) in [5.41, 5.74) is 3.38. The fraction of sp³-hybridized carbons (Fsp3) is 0.500. The van der Waals surface area contributed by atoms with E-state index >= 15 is 0 Å². The minimum atomic E-state index is 0.502. The van der Waals surface area contributed by atoms with E-state index in [0.717, 1.165) is 36.7 Å². The van der Waals surface area contributed by atoms with Crippen molar-refractivity contribution in [2.24, 2.45) is 5.92 Å². The van der Waals surface area contributed by atoms with Crippen molar-refractivity contribution in [3.63, 3.8) is 0 Å². The van der Waals surface area contributed by atoms with Crippen LogP contribution in [0.5, 0.6) is 0 Å². The second kappa shape index (κ2) is 8.47. The zero-order chi connectivity index (χ0) is 17.5. The predicted molar refractivity (Wildman–Crippen MR) is 101 cm³/mol. The third-order valence-electron chi connectivity index (χ3n) is 3.84. The van der Waals surface area contributed by atoms with Gasteiger partial charge in [0.2, 0.25) is 5.95 Å². The maximum Gasteiger partial charge on any atom is 0.249 e. The van der Waals surface area contributed by atoms with Crippen LogP contribution in [-0.2, 0) is 0 Å². The SMILES string of the molecule is CCN(CC)c1ccc(Nc2nncc(NCC(C)C)n2)c(C)c1. The lowest BCUT2D eigenvalue weighted by Crippen LogP contribution is -2.21. The van der Waals surface area contributed by atoms with Gasteiger partial charge in [0.05, 0.1) is 6.20 Å². The first-order valence-electron chi connectivity index (χ1n) is 8.59. The highest BCUT2D eigenvalue weighted by atomic mass is 15.3. The molecule has 1 heterocycles. The Morgan fingerprint density at radius 2 is 1.92 bits per heavy atom. The van der Waals surface area contributed by atoms with E-state index in [9.17, 15) is 0 Å². The number of benzene rings is 1. The van der Waals surface area contributed by atoms with Crippen molar-refractivity contribution in [3.8, 4) is 0 Å². The van der Waals surface area contributed by atoms with Crippen LogP contribution in [0.1, 0.15) is 33.3 Å². The Morgan fingerprint density at radius 1 is 1.17 bits per heavy atom. The molecular formula is C18H28N6. The summed E-state index contributed by atoms with van der Waals surface area (Å²) >= 11 is 0. The average Bonchev–Trinajstić information content (AvgIpc) is 2.57. The Bertz CT molecular complexity index is 652. The molecule has 0 radical (unpaired) electrons. The van der Waals surface area contributed by atoms with Gasteiger partial charge in [0, 0.05) is 31.0 Å². The monoisotopic (exact) mass is 328 g/mol. The molecule has 0 saturated carbocycles. The van der Waals surface area contributed by atoms with Gasteiger partial charge in [0.15, 0.2) is 5.82 Å². The molecule has 2 N–H and O–H groups in total. The van der Waals surface area contributed by atoms with Crippen LogP contribution < -0.4 is 15.5 Å². The van der Waals surface area contributed by atoms with Crippen molar-refractivity contribution < 1.29 is 0 Å². The normalized spacial score (nSPS) is 10.8. The number of anilines is 4. The maximum atomic E-state index is 4.46. The zero-order valence-corrected chi connectivity index (χ0v) is 15.3. The van der Waals surface area contributed by atoms with Crippen molar-refractivity contribution in [2.45, 2.75) is 34.6 Å². The third kappa shape index (κ3) is 4.81. The highest BCUT2D eigenvalue weighted by Crippen LogP contribution is 2.24. The zero-order valence-electron chi connectivity index (χ0n) is 15.3. The molecule has 0 saturated heterocycles. The van der Waals surface area contributed by atoms with Gasteiger partial charge in [0.1, 0.15) is 0 Å². The van der Waals surface area contributed by atoms with Crippen LogP contribution in [0.25, 0.3) is 0 Å². The van der Waals surface area contributed by atoms with E-state index < -0.39 is 0 Å². The summed E-state index contributed by atoms with van der Waals surface area (Å²) in [5, 5.41) is 14.6. The highest BCUT2D eigenvalue weighted by molar-refractivity contribution is 5.64. The van der Waals surface area contributed by atoms with Crippen LogP contribution >= 0.6 is 0 Å². The van der Waals surface area contributed by atoms with Crippen molar-refractivity contribution in [1.82, 2.24) is 15.2 Å². The molecule has 0 spiro atoms. The van der Waals surface area contributed by atoms with Gasteiger partial charge in [-0.2, -0.15) is 10.1 Å². The van der Waals surface area contributed by atoms with Gasteiger partial charge in [-0.1, -0.05) is 13.8 Å². The van der Waals surface area contributed by atoms with Gasteiger partial charge in [-0.25, -0.2) is 0 Å². The lowest BCUT2D eigenvalue weighted by atomic mass is 10.1. The number of rotatable bonds is 8. The Kier molecular flexibility index (Phi) is 6.35. The fourth-order valence-electron chi connectivity index (χ4n) is 2.44. The topological polar surface area (TPSA) is 66.0 Å². The summed E-state index contributed by atoms with van der Waals surface area (Å²) in [4.78, 5) is 6.79. The second-order valence-corrected chi connectivity index (χ2v) is 6.24. The summed E-state index contributed by atoms with van der Waals surface area (Å²) < 4.78 is 0. The second-order valence-electron chi connectivity index (χ2n) is 6.24. The Morgan fingerprint density at radius 3 is 2.54 bits per heavy atom. The molecule has 1 aromatic heterocycles. The number of nitrogens with zero attached hydrogens (tertiary/aromatic N) is 4.